The van der Waals surface area contributed by atoms with Crippen molar-refractivity contribution in [3.05, 3.63) is 75.5 Å². The fourth-order valence-corrected chi connectivity index (χ4v) is 3.55. The Morgan fingerprint density at radius 2 is 1.65 bits per heavy atom. The molecule has 0 bridgehead atoms. The van der Waals surface area contributed by atoms with Gasteiger partial charge in [0.05, 0.1) is 0 Å². The number of ether oxygens (including phenoxy) is 1. The van der Waals surface area contributed by atoms with E-state index in [2.05, 4.69) is 21.7 Å². The maximum absolute atomic E-state index is 14.0. The molecule has 1 unspecified atom stereocenters. The molecule has 6 heteroatoms. The van der Waals surface area contributed by atoms with Gasteiger partial charge in [-0.2, -0.15) is 0 Å². The molecule has 0 saturated heterocycles. The van der Waals surface area contributed by atoms with Gasteiger partial charge in [-0.05, 0) is 54.9 Å². The SMILES string of the molecule is CN.Fc1cc(F)c(C2CCc3c(ccc4ccc(Br)cc34)O2)cc1F. The van der Waals surface area contributed by atoms with Crippen LogP contribution in [0, 0.1) is 17.5 Å². The lowest BCUT2D eigenvalue weighted by molar-refractivity contribution is 0.172. The zero-order valence-corrected chi connectivity index (χ0v) is 15.6. The second-order valence-electron chi connectivity index (χ2n) is 5.84. The van der Waals surface area contributed by atoms with Crippen molar-refractivity contribution in [3.8, 4) is 5.75 Å². The molecule has 0 saturated carbocycles. The predicted molar refractivity (Wildman–Crippen MR) is 99.8 cm³/mol. The molecule has 1 aliphatic rings. The normalized spacial score (nSPS) is 15.7. The summed E-state index contributed by atoms with van der Waals surface area (Å²) >= 11 is 3.47. The molecule has 2 N–H and O–H groups in total. The third-order valence-electron chi connectivity index (χ3n) is 4.36. The molecule has 26 heavy (non-hydrogen) atoms. The molecule has 0 spiro atoms. The van der Waals surface area contributed by atoms with Gasteiger partial charge in [0.15, 0.2) is 11.6 Å². The molecule has 0 amide bonds. The Hall–Kier alpha value is -2.05. The second-order valence-corrected chi connectivity index (χ2v) is 6.76. The summed E-state index contributed by atoms with van der Waals surface area (Å²) in [5.41, 5.74) is 5.60. The van der Waals surface area contributed by atoms with Gasteiger partial charge in [0, 0.05) is 21.7 Å². The highest BCUT2D eigenvalue weighted by atomic mass is 79.9. The van der Waals surface area contributed by atoms with Crippen LogP contribution in [0.1, 0.15) is 23.7 Å². The molecule has 0 fully saturated rings. The fraction of sp³-hybridized carbons (Fsp3) is 0.200. The van der Waals surface area contributed by atoms with Crippen LogP contribution >= 0.6 is 15.9 Å². The first-order chi connectivity index (χ1) is 12.5. The van der Waals surface area contributed by atoms with E-state index in [1.165, 1.54) is 7.05 Å². The van der Waals surface area contributed by atoms with Crippen molar-refractivity contribution >= 4 is 26.7 Å². The molecule has 1 atom stereocenters. The number of fused-ring (bicyclic) bond motifs is 3. The van der Waals surface area contributed by atoms with E-state index < -0.39 is 23.6 Å². The molecule has 1 heterocycles. The lowest BCUT2D eigenvalue weighted by atomic mass is 9.93. The maximum Gasteiger partial charge on any atom is 0.161 e. The molecule has 136 valence electrons. The largest absolute Gasteiger partial charge is 0.485 e. The number of halogens is 4. The minimum Gasteiger partial charge on any atom is -0.485 e. The summed E-state index contributed by atoms with van der Waals surface area (Å²) < 4.78 is 47.4. The average molecular weight is 424 g/mol. The van der Waals surface area contributed by atoms with Gasteiger partial charge in [0.1, 0.15) is 17.7 Å². The molecule has 0 aromatic heterocycles. The summed E-state index contributed by atoms with van der Waals surface area (Å²) in [4.78, 5) is 0. The first-order valence-corrected chi connectivity index (χ1v) is 8.92. The summed E-state index contributed by atoms with van der Waals surface area (Å²) in [6.45, 7) is 0. The molecule has 0 radical (unpaired) electrons. The van der Waals surface area contributed by atoms with Crippen molar-refractivity contribution in [1.82, 2.24) is 0 Å². The maximum atomic E-state index is 14.0. The van der Waals surface area contributed by atoms with E-state index in [1.807, 2.05) is 30.3 Å². The number of hydrogen-bond acceptors (Lipinski definition) is 2. The van der Waals surface area contributed by atoms with Crippen molar-refractivity contribution in [3.63, 3.8) is 0 Å². The number of aryl methyl sites for hydroxylation is 1. The molecule has 4 rings (SSSR count). The predicted octanol–water partition coefficient (Wildman–Crippen LogP) is 5.66. The monoisotopic (exact) mass is 423 g/mol. The molecular formula is C20H17BrF3NO. The summed E-state index contributed by atoms with van der Waals surface area (Å²) in [6, 6.07) is 11.2. The molecule has 0 aliphatic carbocycles. The van der Waals surface area contributed by atoms with Crippen molar-refractivity contribution in [2.75, 3.05) is 7.05 Å². The van der Waals surface area contributed by atoms with Crippen LogP contribution in [0.15, 0.2) is 46.9 Å². The average Bonchev–Trinajstić information content (AvgIpc) is 2.65. The van der Waals surface area contributed by atoms with Crippen molar-refractivity contribution in [2.24, 2.45) is 5.73 Å². The van der Waals surface area contributed by atoms with Crippen LogP contribution in [0.25, 0.3) is 10.8 Å². The van der Waals surface area contributed by atoms with Crippen LogP contribution in [-0.2, 0) is 6.42 Å². The van der Waals surface area contributed by atoms with Crippen LogP contribution in [0.5, 0.6) is 5.75 Å². The Bertz CT molecular complexity index is 961. The summed E-state index contributed by atoms with van der Waals surface area (Å²) in [6.07, 6.45) is 0.546. The van der Waals surface area contributed by atoms with Crippen LogP contribution in [-0.4, -0.2) is 7.05 Å². The van der Waals surface area contributed by atoms with E-state index in [0.29, 0.717) is 24.7 Å². The summed E-state index contributed by atoms with van der Waals surface area (Å²) in [7, 11) is 1.50. The highest BCUT2D eigenvalue weighted by molar-refractivity contribution is 9.10. The second kappa shape index (κ2) is 7.68. The standard InChI is InChI=1S/C19H12BrF3O.CH5N/c20-11-3-1-10-2-5-18-12(13(10)7-11)4-6-19(24-18)14-8-16(22)17(23)9-15(14)21;1-2/h1-3,5,7-9,19H,4,6H2;2H2,1H3. The van der Waals surface area contributed by atoms with Gasteiger partial charge in [-0.1, -0.05) is 28.1 Å². The number of rotatable bonds is 1. The van der Waals surface area contributed by atoms with E-state index in [1.54, 1.807) is 0 Å². The van der Waals surface area contributed by atoms with E-state index in [4.69, 9.17) is 4.74 Å². The quantitative estimate of drug-likeness (QED) is 0.512. The number of hydrogen-bond donors (Lipinski definition) is 1. The molecule has 2 nitrogen and oxygen atoms in total. The first kappa shape index (κ1) is 18.7. The Labute approximate surface area is 157 Å². The Balaban J connectivity index is 0.000000948. The smallest absolute Gasteiger partial charge is 0.161 e. The Morgan fingerprint density at radius 3 is 2.42 bits per heavy atom. The third-order valence-corrected chi connectivity index (χ3v) is 4.86. The van der Waals surface area contributed by atoms with Gasteiger partial charge in [-0.15, -0.1) is 0 Å². The van der Waals surface area contributed by atoms with E-state index in [0.717, 1.165) is 26.9 Å². The van der Waals surface area contributed by atoms with Crippen LogP contribution < -0.4 is 10.5 Å². The van der Waals surface area contributed by atoms with Gasteiger partial charge in [-0.25, -0.2) is 13.2 Å². The van der Waals surface area contributed by atoms with Gasteiger partial charge >= 0.3 is 0 Å². The minimum atomic E-state index is -1.19. The van der Waals surface area contributed by atoms with Crippen molar-refractivity contribution in [2.45, 2.75) is 18.9 Å². The lowest BCUT2D eigenvalue weighted by Gasteiger charge is -2.27. The van der Waals surface area contributed by atoms with Gasteiger partial charge in [0.2, 0.25) is 0 Å². The van der Waals surface area contributed by atoms with Gasteiger partial charge < -0.3 is 10.5 Å². The zero-order chi connectivity index (χ0) is 18.8. The Kier molecular flexibility index (Phi) is 5.53. The number of nitrogens with two attached hydrogens (primary N) is 1. The van der Waals surface area contributed by atoms with Crippen LogP contribution in [0.2, 0.25) is 0 Å². The van der Waals surface area contributed by atoms with E-state index >= 15 is 0 Å². The van der Waals surface area contributed by atoms with Crippen LogP contribution in [0.3, 0.4) is 0 Å². The molecule has 1 aliphatic heterocycles. The van der Waals surface area contributed by atoms with Gasteiger partial charge in [-0.3, -0.25) is 0 Å². The third kappa shape index (κ3) is 3.44. The summed E-state index contributed by atoms with van der Waals surface area (Å²) in [5, 5.41) is 2.17. The fourth-order valence-electron chi connectivity index (χ4n) is 3.19. The lowest BCUT2D eigenvalue weighted by Crippen LogP contribution is -2.17. The molecular weight excluding hydrogens is 407 g/mol. The van der Waals surface area contributed by atoms with Gasteiger partial charge in [0.25, 0.3) is 0 Å². The zero-order valence-electron chi connectivity index (χ0n) is 14.0. The van der Waals surface area contributed by atoms with E-state index in [-0.39, 0.29) is 5.56 Å². The number of benzene rings is 3. The topological polar surface area (TPSA) is 35.2 Å². The molecule has 3 aromatic carbocycles. The highest BCUT2D eigenvalue weighted by Gasteiger charge is 2.26. The highest BCUT2D eigenvalue weighted by Crippen LogP contribution is 2.40. The summed E-state index contributed by atoms with van der Waals surface area (Å²) in [5.74, 6) is -2.39. The van der Waals surface area contributed by atoms with E-state index in [9.17, 15) is 13.2 Å². The minimum absolute atomic E-state index is 0.0499. The van der Waals surface area contributed by atoms with Crippen LogP contribution in [0.4, 0.5) is 13.2 Å². The van der Waals surface area contributed by atoms with Crippen molar-refractivity contribution < 1.29 is 17.9 Å². The van der Waals surface area contributed by atoms with Crippen molar-refractivity contribution in [1.29, 1.82) is 0 Å². The molecule has 3 aromatic rings. The first-order valence-electron chi connectivity index (χ1n) is 8.13. The Morgan fingerprint density at radius 1 is 0.962 bits per heavy atom.